The van der Waals surface area contributed by atoms with Gasteiger partial charge in [0.15, 0.2) is 0 Å². The molecule has 2 aromatic rings. The molecule has 2 aromatic heterocycles. The van der Waals surface area contributed by atoms with Gasteiger partial charge in [-0.05, 0) is 76.6 Å². The van der Waals surface area contributed by atoms with Crippen LogP contribution in [0.4, 0.5) is 10.2 Å². The van der Waals surface area contributed by atoms with Gasteiger partial charge in [0.05, 0.1) is 24.3 Å². The second-order valence-electron chi connectivity index (χ2n) is 11.0. The van der Waals surface area contributed by atoms with Gasteiger partial charge in [-0.2, -0.15) is 0 Å². The average molecular weight is 574 g/mol. The van der Waals surface area contributed by atoms with Gasteiger partial charge in [0.25, 0.3) is 0 Å². The van der Waals surface area contributed by atoms with Gasteiger partial charge >= 0.3 is 5.97 Å². The van der Waals surface area contributed by atoms with Crippen LogP contribution in [0.15, 0.2) is 30.3 Å². The van der Waals surface area contributed by atoms with Crippen LogP contribution in [0.5, 0.6) is 5.88 Å². The molecule has 0 saturated heterocycles. The Morgan fingerprint density at radius 2 is 1.98 bits per heavy atom. The molecule has 41 heavy (non-hydrogen) atoms. The normalized spacial score (nSPS) is 14.6. The highest BCUT2D eigenvalue weighted by atomic mass is 19.1. The SMILES string of the molecule is COc1cccc(C(C)(C)C(=O)N[C@@H](CCN(CCCCc2ccc3c(n2)NCCC3)C[C@@H](CF)OC)C(=O)O)n1. The molecule has 11 heteroatoms. The standard InChI is InChI=1S/C30H44FN5O5/c1-30(2,25-11-7-12-26(35-25)41-4)29(39)34-24(28(37)38)15-18-36(20-23(19-31)40-3)17-6-5-10-22-14-13-21-9-8-16-32-27(21)33-22/h7,11-14,23-24H,5-6,8-10,15-20H2,1-4H3,(H,32,33)(H,34,39)(H,37,38)/t23-,24+/m1/s1. The Morgan fingerprint density at radius 1 is 1.17 bits per heavy atom. The van der Waals surface area contributed by atoms with Crippen LogP contribution in [0.1, 0.15) is 56.5 Å². The Bertz CT molecular complexity index is 1140. The number of aliphatic carboxylic acids is 1. The van der Waals surface area contributed by atoms with Gasteiger partial charge in [-0.25, -0.2) is 19.2 Å². The van der Waals surface area contributed by atoms with E-state index >= 15 is 0 Å². The predicted octanol–water partition coefficient (Wildman–Crippen LogP) is 3.39. The molecular formula is C30H44FN5O5. The van der Waals surface area contributed by atoms with Crippen LogP contribution in [-0.2, 0) is 32.6 Å². The van der Waals surface area contributed by atoms with E-state index < -0.39 is 36.1 Å². The van der Waals surface area contributed by atoms with E-state index in [1.165, 1.54) is 19.8 Å². The van der Waals surface area contributed by atoms with Crippen molar-refractivity contribution in [2.45, 2.75) is 69.9 Å². The Morgan fingerprint density at radius 3 is 2.68 bits per heavy atom. The van der Waals surface area contributed by atoms with Crippen LogP contribution < -0.4 is 15.4 Å². The van der Waals surface area contributed by atoms with Crippen molar-refractivity contribution in [3.05, 3.63) is 47.3 Å². The molecule has 0 saturated carbocycles. The Balaban J connectivity index is 1.57. The minimum atomic E-state index is -1.13. The first-order valence-corrected chi connectivity index (χ1v) is 14.3. The fraction of sp³-hybridized carbons (Fsp3) is 0.600. The number of hydrogen-bond acceptors (Lipinski definition) is 8. The van der Waals surface area contributed by atoms with E-state index in [1.54, 1.807) is 32.0 Å². The zero-order valence-electron chi connectivity index (χ0n) is 24.6. The van der Waals surface area contributed by atoms with Gasteiger partial charge < -0.3 is 30.1 Å². The van der Waals surface area contributed by atoms with E-state index in [-0.39, 0.29) is 6.42 Å². The average Bonchev–Trinajstić information content (AvgIpc) is 2.99. The predicted molar refractivity (Wildman–Crippen MR) is 155 cm³/mol. The second kappa shape index (κ2) is 15.6. The molecule has 0 radical (unpaired) electrons. The quantitative estimate of drug-likeness (QED) is 0.244. The third-order valence-corrected chi connectivity index (χ3v) is 7.55. The number of pyridine rings is 2. The number of carbonyl (C=O) groups excluding carboxylic acids is 1. The zero-order chi connectivity index (χ0) is 29.8. The zero-order valence-corrected chi connectivity index (χ0v) is 24.6. The number of carboxylic acid groups (broad SMARTS) is 1. The number of rotatable bonds is 17. The number of halogens is 1. The molecule has 3 N–H and O–H groups in total. The number of carbonyl (C=O) groups is 2. The molecule has 0 aliphatic carbocycles. The lowest BCUT2D eigenvalue weighted by atomic mass is 9.87. The summed E-state index contributed by atoms with van der Waals surface area (Å²) in [6, 6.07) is 8.23. The Hall–Kier alpha value is -3.31. The maximum Gasteiger partial charge on any atom is 0.326 e. The summed E-state index contributed by atoms with van der Waals surface area (Å²) in [5, 5.41) is 15.9. The minimum Gasteiger partial charge on any atom is -0.481 e. The summed E-state index contributed by atoms with van der Waals surface area (Å²) in [4.78, 5) is 36.4. The first-order valence-electron chi connectivity index (χ1n) is 14.3. The largest absolute Gasteiger partial charge is 0.481 e. The summed E-state index contributed by atoms with van der Waals surface area (Å²) in [5.74, 6) is -0.238. The Labute approximate surface area is 242 Å². The summed E-state index contributed by atoms with van der Waals surface area (Å²) >= 11 is 0. The third kappa shape index (κ3) is 9.36. The van der Waals surface area contributed by atoms with Crippen molar-refractivity contribution in [3.8, 4) is 5.88 Å². The van der Waals surface area contributed by atoms with Crippen molar-refractivity contribution in [2.24, 2.45) is 0 Å². The topological polar surface area (TPSA) is 126 Å². The summed E-state index contributed by atoms with van der Waals surface area (Å²) in [5.41, 5.74) is 1.67. The smallest absolute Gasteiger partial charge is 0.326 e. The first kappa shape index (κ1) is 32.2. The maximum atomic E-state index is 13.5. The maximum absolute atomic E-state index is 13.5. The second-order valence-corrected chi connectivity index (χ2v) is 11.0. The summed E-state index contributed by atoms with van der Waals surface area (Å²) < 4.78 is 23.9. The molecule has 1 aliphatic rings. The fourth-order valence-electron chi connectivity index (χ4n) is 4.82. The molecule has 1 amide bonds. The van der Waals surface area contributed by atoms with E-state index in [4.69, 9.17) is 14.5 Å². The molecule has 0 spiro atoms. The van der Waals surface area contributed by atoms with Crippen LogP contribution in [0.3, 0.4) is 0 Å². The number of anilines is 1. The number of unbranched alkanes of at least 4 members (excludes halogenated alkanes) is 1. The number of nitrogens with one attached hydrogen (secondary N) is 2. The summed E-state index contributed by atoms with van der Waals surface area (Å²) in [7, 11) is 2.96. The van der Waals surface area contributed by atoms with Gasteiger partial charge in [-0.3, -0.25) is 4.79 Å². The molecule has 3 rings (SSSR count). The number of aromatic nitrogens is 2. The molecular weight excluding hydrogens is 529 g/mol. The van der Waals surface area contributed by atoms with Crippen molar-refractivity contribution in [3.63, 3.8) is 0 Å². The Kier molecular flexibility index (Phi) is 12.3. The van der Waals surface area contributed by atoms with Crippen molar-refractivity contribution in [2.75, 3.05) is 52.4 Å². The highest BCUT2D eigenvalue weighted by molar-refractivity contribution is 5.90. The van der Waals surface area contributed by atoms with Crippen molar-refractivity contribution in [1.82, 2.24) is 20.2 Å². The van der Waals surface area contributed by atoms with E-state index in [0.717, 1.165) is 50.2 Å². The molecule has 1 aliphatic heterocycles. The molecule has 3 heterocycles. The monoisotopic (exact) mass is 573 g/mol. The minimum absolute atomic E-state index is 0.156. The fourth-order valence-corrected chi connectivity index (χ4v) is 4.82. The number of amides is 1. The molecule has 0 unspecified atom stereocenters. The van der Waals surface area contributed by atoms with Gasteiger partial charge in [0.2, 0.25) is 11.8 Å². The van der Waals surface area contributed by atoms with Crippen LogP contribution >= 0.6 is 0 Å². The van der Waals surface area contributed by atoms with E-state index in [0.29, 0.717) is 31.2 Å². The number of fused-ring (bicyclic) bond motifs is 1. The van der Waals surface area contributed by atoms with Gasteiger partial charge in [-0.1, -0.05) is 12.1 Å². The van der Waals surface area contributed by atoms with Gasteiger partial charge in [0.1, 0.15) is 18.5 Å². The van der Waals surface area contributed by atoms with Crippen LogP contribution in [0.2, 0.25) is 0 Å². The lowest BCUT2D eigenvalue weighted by molar-refractivity contribution is -0.143. The van der Waals surface area contributed by atoms with Crippen molar-refractivity contribution < 1.29 is 28.6 Å². The van der Waals surface area contributed by atoms with Crippen molar-refractivity contribution in [1.29, 1.82) is 0 Å². The number of alkyl halides is 1. The van der Waals surface area contributed by atoms with Gasteiger partial charge in [-0.15, -0.1) is 0 Å². The number of hydrogen-bond donors (Lipinski definition) is 3. The molecule has 226 valence electrons. The number of nitrogens with zero attached hydrogens (tertiary/aromatic N) is 3. The summed E-state index contributed by atoms with van der Waals surface area (Å²) in [6.07, 6.45) is 4.25. The number of ether oxygens (including phenoxy) is 2. The van der Waals surface area contributed by atoms with Gasteiger partial charge in [0, 0.05) is 38.5 Å². The van der Waals surface area contributed by atoms with Crippen LogP contribution in [0, 0.1) is 0 Å². The van der Waals surface area contributed by atoms with Crippen molar-refractivity contribution >= 4 is 17.7 Å². The highest BCUT2D eigenvalue weighted by Gasteiger charge is 2.34. The molecule has 10 nitrogen and oxygen atoms in total. The third-order valence-electron chi connectivity index (χ3n) is 7.55. The molecule has 2 atom stereocenters. The van der Waals surface area contributed by atoms with Crippen LogP contribution in [-0.4, -0.2) is 91.1 Å². The molecule has 0 fully saturated rings. The lowest BCUT2D eigenvalue weighted by Gasteiger charge is -2.29. The highest BCUT2D eigenvalue weighted by Crippen LogP contribution is 2.24. The summed E-state index contributed by atoms with van der Waals surface area (Å²) in [6.45, 7) is 5.01. The molecule has 0 bridgehead atoms. The number of methoxy groups -OCH3 is 2. The number of carboxylic acids is 1. The lowest BCUT2D eigenvalue weighted by Crippen LogP contribution is -2.50. The first-order chi connectivity index (χ1) is 19.7. The van der Waals surface area contributed by atoms with E-state index in [1.807, 2.05) is 4.90 Å². The van der Waals surface area contributed by atoms with E-state index in [9.17, 15) is 19.1 Å². The van der Waals surface area contributed by atoms with Crippen LogP contribution in [0.25, 0.3) is 0 Å². The molecule has 0 aromatic carbocycles. The number of aryl methyl sites for hydroxylation is 2. The van der Waals surface area contributed by atoms with E-state index in [2.05, 4.69) is 27.8 Å².